The molecule has 0 aromatic rings. The lowest BCUT2D eigenvalue weighted by atomic mass is 10.2. The molecule has 0 bridgehead atoms. The third-order valence-corrected chi connectivity index (χ3v) is 2.00. The Morgan fingerprint density at radius 1 is 1.50 bits per heavy atom. The summed E-state index contributed by atoms with van der Waals surface area (Å²) < 4.78 is 10.8. The number of rotatable bonds is 3. The van der Waals surface area contributed by atoms with Gasteiger partial charge in [-0.05, 0) is 26.2 Å². The topological polar surface area (TPSA) is 38.7 Å². The van der Waals surface area contributed by atoms with Crippen LogP contribution in [0, 0.1) is 11.8 Å². The van der Waals surface area contributed by atoms with Crippen molar-refractivity contribution < 1.29 is 14.6 Å². The van der Waals surface area contributed by atoms with Crippen molar-refractivity contribution in [2.45, 2.75) is 45.0 Å². The minimum atomic E-state index is -0.353. The summed E-state index contributed by atoms with van der Waals surface area (Å²) in [6, 6.07) is 0. The predicted molar refractivity (Wildman–Crippen MR) is 53.6 cm³/mol. The Bertz CT molecular complexity index is 196. The average molecular weight is 198 g/mol. The van der Waals surface area contributed by atoms with Gasteiger partial charge >= 0.3 is 0 Å². The Kier molecular flexibility index (Phi) is 5.62. The molecular formula is C11H18O3. The lowest BCUT2D eigenvalue weighted by molar-refractivity contribution is -0.154. The fourth-order valence-corrected chi connectivity index (χ4v) is 1.25. The van der Waals surface area contributed by atoms with Crippen molar-refractivity contribution in [1.29, 1.82) is 0 Å². The van der Waals surface area contributed by atoms with Gasteiger partial charge in [0.05, 0.1) is 6.10 Å². The van der Waals surface area contributed by atoms with Crippen LogP contribution in [-0.4, -0.2) is 30.7 Å². The highest BCUT2D eigenvalue weighted by molar-refractivity contribution is 5.00. The molecule has 1 rings (SSSR count). The van der Waals surface area contributed by atoms with Gasteiger partial charge in [-0.25, -0.2) is 0 Å². The fourth-order valence-electron chi connectivity index (χ4n) is 1.25. The molecule has 1 aliphatic rings. The molecule has 1 N–H and O–H groups in total. The minimum Gasteiger partial charge on any atom is -0.392 e. The molecule has 3 heteroatoms. The van der Waals surface area contributed by atoms with Crippen LogP contribution in [0.3, 0.4) is 0 Å². The molecule has 0 spiro atoms. The van der Waals surface area contributed by atoms with Gasteiger partial charge in [0.15, 0.2) is 6.29 Å². The molecule has 0 radical (unpaired) electrons. The van der Waals surface area contributed by atoms with Crippen molar-refractivity contribution in [2.24, 2.45) is 0 Å². The monoisotopic (exact) mass is 198 g/mol. The van der Waals surface area contributed by atoms with Crippen LogP contribution in [0.1, 0.15) is 32.6 Å². The average Bonchev–Trinajstić information content (AvgIpc) is 2.18. The maximum absolute atomic E-state index is 8.93. The molecule has 0 aromatic heterocycles. The first kappa shape index (κ1) is 11.5. The second-order valence-electron chi connectivity index (χ2n) is 3.51. The maximum atomic E-state index is 8.93. The maximum Gasteiger partial charge on any atom is 0.158 e. The van der Waals surface area contributed by atoms with E-state index in [0.717, 1.165) is 19.4 Å². The van der Waals surface area contributed by atoms with E-state index in [1.165, 1.54) is 6.42 Å². The van der Waals surface area contributed by atoms with Crippen molar-refractivity contribution in [3.8, 4) is 11.8 Å². The van der Waals surface area contributed by atoms with Crippen LogP contribution in [0.5, 0.6) is 0 Å². The highest BCUT2D eigenvalue weighted by Gasteiger charge is 2.12. The molecule has 1 aliphatic heterocycles. The first-order valence-electron chi connectivity index (χ1n) is 5.16. The van der Waals surface area contributed by atoms with E-state index in [1.54, 1.807) is 6.92 Å². The Morgan fingerprint density at radius 2 is 2.36 bits per heavy atom. The van der Waals surface area contributed by atoms with Crippen LogP contribution in [0.25, 0.3) is 0 Å². The highest BCUT2D eigenvalue weighted by Crippen LogP contribution is 2.12. The summed E-state index contributed by atoms with van der Waals surface area (Å²) in [5.41, 5.74) is 0. The number of hydrogen-bond acceptors (Lipinski definition) is 3. The van der Waals surface area contributed by atoms with Gasteiger partial charge in [-0.3, -0.25) is 0 Å². The van der Waals surface area contributed by atoms with Crippen LogP contribution in [0.2, 0.25) is 0 Å². The molecule has 1 saturated heterocycles. The Morgan fingerprint density at radius 3 is 3.00 bits per heavy atom. The van der Waals surface area contributed by atoms with Crippen molar-refractivity contribution in [3.05, 3.63) is 0 Å². The van der Waals surface area contributed by atoms with Gasteiger partial charge in [0.2, 0.25) is 0 Å². The first-order chi connectivity index (χ1) is 6.79. The van der Waals surface area contributed by atoms with Crippen molar-refractivity contribution in [1.82, 2.24) is 0 Å². The SMILES string of the molecule is C[C@@H](O)CC#CCOC1CCCCO1. The van der Waals surface area contributed by atoms with Crippen molar-refractivity contribution in [3.63, 3.8) is 0 Å². The molecule has 0 amide bonds. The summed E-state index contributed by atoms with van der Waals surface area (Å²) in [7, 11) is 0. The second kappa shape index (κ2) is 6.83. The molecule has 0 aliphatic carbocycles. The molecule has 1 heterocycles. The molecule has 1 unspecified atom stereocenters. The van der Waals surface area contributed by atoms with Gasteiger partial charge in [0, 0.05) is 13.0 Å². The molecule has 3 nitrogen and oxygen atoms in total. The van der Waals surface area contributed by atoms with Crippen molar-refractivity contribution >= 4 is 0 Å². The summed E-state index contributed by atoms with van der Waals surface area (Å²) in [6.07, 6.45) is 3.37. The van der Waals surface area contributed by atoms with E-state index in [0.29, 0.717) is 13.0 Å². The summed E-state index contributed by atoms with van der Waals surface area (Å²) >= 11 is 0. The molecule has 80 valence electrons. The zero-order valence-electron chi connectivity index (χ0n) is 8.66. The highest BCUT2D eigenvalue weighted by atomic mass is 16.7. The third kappa shape index (κ3) is 5.23. The molecule has 2 atom stereocenters. The summed E-state index contributed by atoms with van der Waals surface area (Å²) in [5, 5.41) is 8.93. The summed E-state index contributed by atoms with van der Waals surface area (Å²) in [5.74, 6) is 5.70. The zero-order chi connectivity index (χ0) is 10.2. The van der Waals surface area contributed by atoms with Gasteiger partial charge in [0.1, 0.15) is 6.61 Å². The zero-order valence-corrected chi connectivity index (χ0v) is 8.66. The quantitative estimate of drug-likeness (QED) is 0.695. The Hall–Kier alpha value is -0.560. The van der Waals surface area contributed by atoms with Crippen LogP contribution in [0.4, 0.5) is 0 Å². The van der Waals surface area contributed by atoms with Gasteiger partial charge < -0.3 is 14.6 Å². The van der Waals surface area contributed by atoms with Crippen molar-refractivity contribution in [2.75, 3.05) is 13.2 Å². The normalized spacial score (nSPS) is 23.7. The number of aliphatic hydroxyl groups is 1. The van der Waals surface area contributed by atoms with Crippen LogP contribution >= 0.6 is 0 Å². The number of hydrogen-bond donors (Lipinski definition) is 1. The summed E-state index contributed by atoms with van der Waals surface area (Å²) in [4.78, 5) is 0. The van der Waals surface area contributed by atoms with E-state index in [9.17, 15) is 0 Å². The Labute approximate surface area is 85.4 Å². The van der Waals surface area contributed by atoms with E-state index >= 15 is 0 Å². The van der Waals surface area contributed by atoms with Crippen LogP contribution < -0.4 is 0 Å². The van der Waals surface area contributed by atoms with Gasteiger partial charge in [-0.15, -0.1) is 0 Å². The molecule has 1 fully saturated rings. The van der Waals surface area contributed by atoms with Crippen LogP contribution in [0.15, 0.2) is 0 Å². The lowest BCUT2D eigenvalue weighted by Crippen LogP contribution is -2.22. The molecular weight excluding hydrogens is 180 g/mol. The largest absolute Gasteiger partial charge is 0.392 e. The third-order valence-electron chi connectivity index (χ3n) is 2.00. The van der Waals surface area contributed by atoms with Gasteiger partial charge in [0.25, 0.3) is 0 Å². The van der Waals surface area contributed by atoms with Gasteiger partial charge in [-0.1, -0.05) is 11.8 Å². The summed E-state index contributed by atoms with van der Waals surface area (Å²) in [6.45, 7) is 2.92. The van der Waals surface area contributed by atoms with E-state index < -0.39 is 0 Å². The van der Waals surface area contributed by atoms with Crippen LogP contribution in [-0.2, 0) is 9.47 Å². The fraction of sp³-hybridized carbons (Fsp3) is 0.818. The Balaban J connectivity index is 2.03. The van der Waals surface area contributed by atoms with E-state index in [1.807, 2.05) is 0 Å². The molecule has 0 aromatic carbocycles. The minimum absolute atomic E-state index is 0.0652. The van der Waals surface area contributed by atoms with E-state index in [2.05, 4.69) is 11.8 Å². The second-order valence-corrected chi connectivity index (χ2v) is 3.51. The first-order valence-corrected chi connectivity index (χ1v) is 5.16. The lowest BCUT2D eigenvalue weighted by Gasteiger charge is -2.21. The van der Waals surface area contributed by atoms with E-state index in [-0.39, 0.29) is 12.4 Å². The molecule has 0 saturated carbocycles. The predicted octanol–water partition coefficient (Wildman–Crippen LogP) is 1.30. The van der Waals surface area contributed by atoms with E-state index in [4.69, 9.17) is 14.6 Å². The molecule has 14 heavy (non-hydrogen) atoms. The number of ether oxygens (including phenoxy) is 2. The number of aliphatic hydroxyl groups excluding tert-OH is 1. The smallest absolute Gasteiger partial charge is 0.158 e. The standard InChI is InChI=1S/C11H18O3/c1-10(12)6-2-4-8-13-11-7-3-5-9-14-11/h10-12H,3,5-9H2,1H3/t10-,11?/m1/s1. The van der Waals surface area contributed by atoms with Gasteiger partial charge in [-0.2, -0.15) is 0 Å².